The molecule has 0 fully saturated rings. The Hall–Kier alpha value is -3.02. The summed E-state index contributed by atoms with van der Waals surface area (Å²) in [7, 11) is 1.61. The molecule has 1 aliphatic heterocycles. The van der Waals surface area contributed by atoms with Crippen LogP contribution in [0.25, 0.3) is 0 Å². The van der Waals surface area contributed by atoms with Gasteiger partial charge in [-0.15, -0.1) is 5.10 Å². The summed E-state index contributed by atoms with van der Waals surface area (Å²) in [5, 5.41) is 4.37. The fraction of sp³-hybridized carbons (Fsp3) is 0.300. The van der Waals surface area contributed by atoms with Crippen molar-refractivity contribution >= 4 is 23.2 Å². The molecule has 0 bridgehead atoms. The van der Waals surface area contributed by atoms with E-state index in [1.807, 2.05) is 47.4 Å². The van der Waals surface area contributed by atoms with E-state index in [1.165, 1.54) is 5.56 Å². The van der Waals surface area contributed by atoms with Crippen LogP contribution in [0.2, 0.25) is 0 Å². The molecule has 2 aromatic carbocycles. The molecule has 1 aliphatic rings. The molecule has 136 valence electrons. The maximum absolute atomic E-state index is 12.5. The summed E-state index contributed by atoms with van der Waals surface area (Å²) in [6.07, 6.45) is 1.95. The van der Waals surface area contributed by atoms with Crippen LogP contribution >= 0.6 is 0 Å². The number of nitrogens with zero attached hydrogens (tertiary/aromatic N) is 2. The number of aryl methyl sites for hydroxylation is 1. The number of carbonyl (C=O) groups is 1. The van der Waals surface area contributed by atoms with Crippen LogP contribution in [0, 0.1) is 0 Å². The molecule has 0 aromatic heterocycles. The van der Waals surface area contributed by atoms with E-state index < -0.39 is 5.97 Å². The molecule has 3 rings (SSSR count). The first-order valence-corrected chi connectivity index (χ1v) is 8.73. The lowest BCUT2D eigenvalue weighted by Gasteiger charge is -2.30. The number of methoxy groups -OCH3 is 1. The van der Waals surface area contributed by atoms with E-state index in [0.717, 1.165) is 24.2 Å². The van der Waals surface area contributed by atoms with Crippen LogP contribution in [0.1, 0.15) is 18.9 Å². The first-order valence-electron chi connectivity index (χ1n) is 8.73. The average Bonchev–Trinajstić information content (AvgIpc) is 2.68. The van der Waals surface area contributed by atoms with Crippen molar-refractivity contribution in [3.05, 3.63) is 54.1 Å². The highest BCUT2D eigenvalue weighted by molar-refractivity contribution is 6.41. The molecule has 0 saturated carbocycles. The fourth-order valence-corrected chi connectivity index (χ4v) is 2.98. The minimum atomic E-state index is -0.445. The monoisotopic (exact) mass is 353 g/mol. The summed E-state index contributed by atoms with van der Waals surface area (Å²) >= 11 is 0. The molecule has 0 aliphatic carbocycles. The summed E-state index contributed by atoms with van der Waals surface area (Å²) < 4.78 is 10.4. The van der Waals surface area contributed by atoms with Crippen molar-refractivity contribution in [2.45, 2.75) is 19.8 Å². The predicted molar refractivity (Wildman–Crippen MR) is 103 cm³/mol. The number of nitrogens with one attached hydrogen (secondary N) is 1. The Bertz CT molecular complexity index is 804. The van der Waals surface area contributed by atoms with Gasteiger partial charge in [-0.2, -0.15) is 0 Å². The molecular weight excluding hydrogens is 330 g/mol. The molecule has 6 heteroatoms. The Morgan fingerprint density at radius 2 is 2.08 bits per heavy atom. The largest absolute Gasteiger partial charge is 0.497 e. The Labute approximate surface area is 153 Å². The first kappa shape index (κ1) is 17.8. The Balaban J connectivity index is 1.92. The number of esters is 1. The van der Waals surface area contributed by atoms with Crippen molar-refractivity contribution in [2.24, 2.45) is 5.10 Å². The second-order valence-corrected chi connectivity index (χ2v) is 5.88. The van der Waals surface area contributed by atoms with Gasteiger partial charge < -0.3 is 14.4 Å². The first-order chi connectivity index (χ1) is 12.7. The van der Waals surface area contributed by atoms with Crippen LogP contribution in [0.15, 0.2) is 53.6 Å². The van der Waals surface area contributed by atoms with Crippen molar-refractivity contribution in [2.75, 3.05) is 30.6 Å². The molecule has 6 nitrogen and oxygen atoms in total. The van der Waals surface area contributed by atoms with Gasteiger partial charge in [0.05, 0.1) is 19.4 Å². The Morgan fingerprint density at radius 3 is 2.88 bits per heavy atom. The Kier molecular flexibility index (Phi) is 5.73. The zero-order valence-electron chi connectivity index (χ0n) is 15.1. The van der Waals surface area contributed by atoms with Gasteiger partial charge in [0.25, 0.3) is 0 Å². The second-order valence-electron chi connectivity index (χ2n) is 5.88. The lowest BCUT2D eigenvalue weighted by molar-refractivity contribution is -0.135. The molecule has 0 radical (unpaired) electrons. The Morgan fingerprint density at radius 1 is 1.23 bits per heavy atom. The second kappa shape index (κ2) is 8.38. The smallest absolute Gasteiger partial charge is 0.376 e. The van der Waals surface area contributed by atoms with Gasteiger partial charge in [0, 0.05) is 18.3 Å². The number of fused-ring (bicyclic) bond motifs is 1. The SMILES string of the molecule is CCOC(=O)/C(=N\Nc1cccc(OC)c1)N1CCCc2ccccc21. The van der Waals surface area contributed by atoms with Crippen molar-refractivity contribution in [3.63, 3.8) is 0 Å². The maximum atomic E-state index is 12.5. The van der Waals surface area contributed by atoms with Gasteiger partial charge in [-0.25, -0.2) is 4.79 Å². The lowest BCUT2D eigenvalue weighted by Crippen LogP contribution is -2.41. The highest BCUT2D eigenvalue weighted by Crippen LogP contribution is 2.27. The van der Waals surface area contributed by atoms with Gasteiger partial charge in [0.15, 0.2) is 0 Å². The zero-order chi connectivity index (χ0) is 18.4. The normalized spacial score (nSPS) is 13.8. The van der Waals surface area contributed by atoms with Crippen LogP contribution in [-0.2, 0) is 16.0 Å². The zero-order valence-corrected chi connectivity index (χ0v) is 15.1. The highest BCUT2D eigenvalue weighted by Gasteiger charge is 2.26. The predicted octanol–water partition coefficient (Wildman–Crippen LogP) is 3.44. The van der Waals surface area contributed by atoms with Gasteiger partial charge >= 0.3 is 5.97 Å². The molecule has 2 aromatic rings. The number of rotatable bonds is 4. The molecule has 0 saturated heterocycles. The van der Waals surface area contributed by atoms with Crippen LogP contribution in [0.3, 0.4) is 0 Å². The van der Waals surface area contributed by atoms with Gasteiger partial charge in [0.1, 0.15) is 5.75 Å². The van der Waals surface area contributed by atoms with Gasteiger partial charge in [-0.3, -0.25) is 5.43 Å². The third-order valence-electron chi connectivity index (χ3n) is 4.18. The molecule has 0 atom stereocenters. The summed E-state index contributed by atoms with van der Waals surface area (Å²) in [5.74, 6) is 0.521. The maximum Gasteiger partial charge on any atom is 0.376 e. The van der Waals surface area contributed by atoms with E-state index in [1.54, 1.807) is 14.0 Å². The topological polar surface area (TPSA) is 63.2 Å². The number of carbonyl (C=O) groups excluding carboxylic acids is 1. The molecule has 0 amide bonds. The number of para-hydroxylation sites is 1. The van der Waals surface area contributed by atoms with Crippen molar-refractivity contribution in [3.8, 4) is 5.75 Å². The van der Waals surface area contributed by atoms with E-state index in [-0.39, 0.29) is 5.84 Å². The van der Waals surface area contributed by atoms with E-state index in [9.17, 15) is 4.79 Å². The van der Waals surface area contributed by atoms with E-state index >= 15 is 0 Å². The lowest BCUT2D eigenvalue weighted by atomic mass is 10.0. The average molecular weight is 353 g/mol. The van der Waals surface area contributed by atoms with Gasteiger partial charge in [-0.05, 0) is 43.5 Å². The van der Waals surface area contributed by atoms with Crippen LogP contribution in [-0.4, -0.2) is 32.1 Å². The molecule has 26 heavy (non-hydrogen) atoms. The van der Waals surface area contributed by atoms with Crippen molar-refractivity contribution in [1.82, 2.24) is 0 Å². The van der Waals surface area contributed by atoms with Crippen LogP contribution in [0.4, 0.5) is 11.4 Å². The fourth-order valence-electron chi connectivity index (χ4n) is 2.98. The highest BCUT2D eigenvalue weighted by atomic mass is 16.5. The standard InChI is InChI=1S/C20H23N3O3/c1-3-26-20(24)19(22-21-16-10-6-11-17(14-16)25-2)23-13-7-9-15-8-4-5-12-18(15)23/h4-6,8,10-12,14,21H,3,7,9,13H2,1-2H3/b22-19+. The molecule has 1 heterocycles. The van der Waals surface area contributed by atoms with Crippen LogP contribution in [0.5, 0.6) is 5.75 Å². The van der Waals surface area contributed by atoms with E-state index in [0.29, 0.717) is 18.9 Å². The van der Waals surface area contributed by atoms with Gasteiger partial charge in [0.2, 0.25) is 5.84 Å². The van der Waals surface area contributed by atoms with Crippen molar-refractivity contribution < 1.29 is 14.3 Å². The van der Waals surface area contributed by atoms with Crippen molar-refractivity contribution in [1.29, 1.82) is 0 Å². The number of hydrogen-bond donors (Lipinski definition) is 1. The summed E-state index contributed by atoms with van der Waals surface area (Å²) in [6.45, 7) is 2.80. The summed E-state index contributed by atoms with van der Waals surface area (Å²) in [4.78, 5) is 14.5. The molecule has 0 spiro atoms. The number of ether oxygens (including phenoxy) is 2. The number of hydrazone groups is 1. The molecular formula is C20H23N3O3. The minimum absolute atomic E-state index is 0.252. The number of anilines is 2. The number of hydrogen-bond acceptors (Lipinski definition) is 5. The number of amidine groups is 1. The molecule has 0 unspecified atom stereocenters. The quantitative estimate of drug-likeness (QED) is 0.395. The van der Waals surface area contributed by atoms with Crippen LogP contribution < -0.4 is 15.1 Å². The summed E-state index contributed by atoms with van der Waals surface area (Å²) in [6, 6.07) is 15.5. The third-order valence-corrected chi connectivity index (χ3v) is 4.18. The minimum Gasteiger partial charge on any atom is -0.497 e. The summed E-state index contributed by atoms with van der Waals surface area (Å²) in [5.41, 5.74) is 5.89. The number of benzene rings is 2. The third kappa shape index (κ3) is 3.96. The molecule has 1 N–H and O–H groups in total. The van der Waals surface area contributed by atoms with Gasteiger partial charge in [-0.1, -0.05) is 24.3 Å². The van der Waals surface area contributed by atoms with E-state index in [2.05, 4.69) is 16.6 Å². The van der Waals surface area contributed by atoms with E-state index in [4.69, 9.17) is 9.47 Å².